The summed E-state index contributed by atoms with van der Waals surface area (Å²) in [5, 5.41) is 2.82. The first-order chi connectivity index (χ1) is 15.6. The lowest BCUT2D eigenvalue weighted by atomic mass is 10.1. The minimum Gasteiger partial charge on any atom is -0.354 e. The number of para-hydroxylation sites is 1. The minimum absolute atomic E-state index is 0.156. The molecule has 0 fully saturated rings. The first kappa shape index (κ1) is 26.8. The zero-order valence-electron chi connectivity index (χ0n) is 19.4. The summed E-state index contributed by atoms with van der Waals surface area (Å²) in [5.41, 5.74) is 1.18. The van der Waals surface area contributed by atoms with Crippen LogP contribution in [0.5, 0.6) is 0 Å². The molecule has 8 nitrogen and oxygen atoms in total. The van der Waals surface area contributed by atoms with E-state index < -0.39 is 28.7 Å². The van der Waals surface area contributed by atoms with Crippen molar-refractivity contribution < 1.29 is 18.0 Å². The zero-order chi connectivity index (χ0) is 24.6. The van der Waals surface area contributed by atoms with E-state index in [1.54, 1.807) is 37.3 Å². The van der Waals surface area contributed by atoms with Crippen molar-refractivity contribution in [2.24, 2.45) is 0 Å². The third-order valence-corrected chi connectivity index (χ3v) is 7.33. The number of anilines is 1. The van der Waals surface area contributed by atoms with Crippen molar-refractivity contribution in [1.29, 1.82) is 0 Å². The van der Waals surface area contributed by atoms with Crippen LogP contribution in [-0.2, 0) is 26.3 Å². The number of nitrogens with zero attached hydrogens (tertiary/aromatic N) is 3. The largest absolute Gasteiger partial charge is 0.354 e. The van der Waals surface area contributed by atoms with Crippen LogP contribution in [0, 0.1) is 0 Å². The second kappa shape index (κ2) is 12.2. The van der Waals surface area contributed by atoms with E-state index in [-0.39, 0.29) is 12.5 Å². The van der Waals surface area contributed by atoms with Gasteiger partial charge in [-0.1, -0.05) is 53.2 Å². The van der Waals surface area contributed by atoms with Gasteiger partial charge in [-0.25, -0.2) is 4.31 Å². The highest BCUT2D eigenvalue weighted by molar-refractivity contribution is 9.10. The van der Waals surface area contributed by atoms with E-state index in [9.17, 15) is 18.0 Å². The van der Waals surface area contributed by atoms with Crippen molar-refractivity contribution in [3.63, 3.8) is 0 Å². The molecule has 0 radical (unpaired) electrons. The van der Waals surface area contributed by atoms with Gasteiger partial charge in [0, 0.05) is 31.7 Å². The molecule has 1 atom stereocenters. The third kappa shape index (κ3) is 7.28. The summed E-state index contributed by atoms with van der Waals surface area (Å²) in [7, 11) is -1.12. The van der Waals surface area contributed by atoms with Gasteiger partial charge in [0.15, 0.2) is 0 Å². The number of amides is 2. The average molecular weight is 539 g/mol. The molecule has 2 aromatic rings. The zero-order valence-corrected chi connectivity index (χ0v) is 21.8. The first-order valence-corrected chi connectivity index (χ1v) is 12.8. The molecule has 0 spiro atoms. The summed E-state index contributed by atoms with van der Waals surface area (Å²) in [6, 6.07) is 15.1. The molecule has 0 bridgehead atoms. The molecule has 0 heterocycles. The number of carbonyl (C=O) groups excluding carboxylic acids is 2. The smallest absolute Gasteiger partial charge is 0.304 e. The van der Waals surface area contributed by atoms with E-state index in [2.05, 4.69) is 21.2 Å². The summed E-state index contributed by atoms with van der Waals surface area (Å²) in [5.74, 6) is -0.773. The van der Waals surface area contributed by atoms with Crippen LogP contribution in [0.15, 0.2) is 59.1 Å². The van der Waals surface area contributed by atoms with Gasteiger partial charge in [0.1, 0.15) is 12.6 Å². The average Bonchev–Trinajstić information content (AvgIpc) is 2.79. The molecule has 2 aromatic carbocycles. The number of rotatable bonds is 11. The summed E-state index contributed by atoms with van der Waals surface area (Å²) >= 11 is 3.43. The van der Waals surface area contributed by atoms with Crippen LogP contribution >= 0.6 is 15.9 Å². The SMILES string of the molecule is CCCNC(=O)[C@H](C)N(Cc1cccc(Br)c1)C(=O)CN(c1ccccc1)S(=O)(=O)N(C)C. The molecule has 10 heteroatoms. The summed E-state index contributed by atoms with van der Waals surface area (Å²) in [4.78, 5) is 27.6. The lowest BCUT2D eigenvalue weighted by Gasteiger charge is -2.32. The molecular formula is C23H31BrN4O4S. The highest BCUT2D eigenvalue weighted by Gasteiger charge is 2.32. The fourth-order valence-corrected chi connectivity index (χ4v) is 4.62. The molecule has 0 saturated carbocycles. The van der Waals surface area contributed by atoms with E-state index in [1.807, 2.05) is 31.2 Å². The van der Waals surface area contributed by atoms with E-state index in [1.165, 1.54) is 19.0 Å². The summed E-state index contributed by atoms with van der Waals surface area (Å²) < 4.78 is 29.0. The topological polar surface area (TPSA) is 90.0 Å². The van der Waals surface area contributed by atoms with E-state index >= 15 is 0 Å². The third-order valence-electron chi connectivity index (χ3n) is 5.02. The molecule has 0 aliphatic rings. The molecule has 2 rings (SSSR count). The normalized spacial score (nSPS) is 12.3. The minimum atomic E-state index is -3.95. The van der Waals surface area contributed by atoms with Gasteiger partial charge in [-0.15, -0.1) is 0 Å². The van der Waals surface area contributed by atoms with Crippen molar-refractivity contribution in [3.8, 4) is 0 Å². The Bertz CT molecular complexity index is 1050. The maximum Gasteiger partial charge on any atom is 0.304 e. The molecule has 180 valence electrons. The molecule has 2 amide bonds. The fourth-order valence-electron chi connectivity index (χ4n) is 3.12. The van der Waals surface area contributed by atoms with Crippen molar-refractivity contribution >= 4 is 43.6 Å². The predicted molar refractivity (Wildman–Crippen MR) is 134 cm³/mol. The Morgan fingerprint density at radius 2 is 1.73 bits per heavy atom. The number of hydrogen-bond acceptors (Lipinski definition) is 4. The van der Waals surface area contributed by atoms with Crippen LogP contribution in [0.3, 0.4) is 0 Å². The molecule has 33 heavy (non-hydrogen) atoms. The fraction of sp³-hybridized carbons (Fsp3) is 0.391. The molecule has 0 aliphatic carbocycles. The molecule has 1 N–H and O–H groups in total. The van der Waals surface area contributed by atoms with Gasteiger partial charge in [0.2, 0.25) is 11.8 Å². The molecule has 0 aromatic heterocycles. The lowest BCUT2D eigenvalue weighted by Crippen LogP contribution is -2.52. The van der Waals surface area contributed by atoms with Gasteiger partial charge in [0.05, 0.1) is 5.69 Å². The maximum atomic E-state index is 13.5. The van der Waals surface area contributed by atoms with Gasteiger partial charge in [-0.2, -0.15) is 12.7 Å². The molecule has 0 unspecified atom stereocenters. The quantitative estimate of drug-likeness (QED) is 0.476. The predicted octanol–water partition coefficient (Wildman–Crippen LogP) is 3.01. The van der Waals surface area contributed by atoms with Crippen molar-refractivity contribution in [1.82, 2.24) is 14.5 Å². The van der Waals surface area contributed by atoms with Crippen LogP contribution in [0.1, 0.15) is 25.8 Å². The number of benzene rings is 2. The van der Waals surface area contributed by atoms with Gasteiger partial charge in [-0.3, -0.25) is 9.59 Å². The van der Waals surface area contributed by atoms with Crippen LogP contribution < -0.4 is 9.62 Å². The molecular weight excluding hydrogens is 508 g/mol. The highest BCUT2D eigenvalue weighted by atomic mass is 79.9. The number of hydrogen-bond donors (Lipinski definition) is 1. The molecule has 0 aliphatic heterocycles. The Kier molecular flexibility index (Phi) is 9.87. The second-order valence-electron chi connectivity index (χ2n) is 7.75. The highest BCUT2D eigenvalue weighted by Crippen LogP contribution is 2.21. The Labute approximate surface area is 204 Å². The van der Waals surface area contributed by atoms with Gasteiger partial charge < -0.3 is 10.2 Å². The van der Waals surface area contributed by atoms with Crippen molar-refractivity contribution in [2.45, 2.75) is 32.9 Å². The van der Waals surface area contributed by atoms with Crippen LogP contribution in [-0.4, -0.2) is 62.7 Å². The lowest BCUT2D eigenvalue weighted by molar-refractivity contribution is -0.139. The summed E-state index contributed by atoms with van der Waals surface area (Å²) in [6.07, 6.45) is 0.765. The Hall–Kier alpha value is -2.43. The van der Waals surface area contributed by atoms with E-state index in [0.29, 0.717) is 12.2 Å². The van der Waals surface area contributed by atoms with Crippen LogP contribution in [0.2, 0.25) is 0 Å². The number of nitrogens with one attached hydrogen (secondary N) is 1. The number of halogens is 1. The van der Waals surface area contributed by atoms with Crippen molar-refractivity contribution in [2.75, 3.05) is 31.5 Å². The second-order valence-corrected chi connectivity index (χ2v) is 10.7. The Morgan fingerprint density at radius 1 is 1.06 bits per heavy atom. The molecule has 0 saturated heterocycles. The van der Waals surface area contributed by atoms with Gasteiger partial charge in [-0.05, 0) is 43.2 Å². The van der Waals surface area contributed by atoms with Gasteiger partial charge >= 0.3 is 10.2 Å². The standard InChI is InChI=1S/C23H31BrN4O4S/c1-5-14-25-23(30)18(2)27(16-19-10-9-11-20(24)15-19)22(29)17-28(33(31,32)26(3)4)21-12-7-6-8-13-21/h6-13,15,18H,5,14,16-17H2,1-4H3,(H,25,30)/t18-/m0/s1. The van der Waals surface area contributed by atoms with E-state index in [0.717, 1.165) is 25.1 Å². The van der Waals surface area contributed by atoms with Crippen molar-refractivity contribution in [3.05, 3.63) is 64.6 Å². The Morgan fingerprint density at radius 3 is 2.30 bits per heavy atom. The maximum absolute atomic E-state index is 13.5. The Balaban J connectivity index is 2.40. The van der Waals surface area contributed by atoms with Crippen LogP contribution in [0.25, 0.3) is 0 Å². The van der Waals surface area contributed by atoms with Crippen LogP contribution in [0.4, 0.5) is 5.69 Å². The monoisotopic (exact) mass is 538 g/mol. The van der Waals surface area contributed by atoms with Gasteiger partial charge in [0.25, 0.3) is 0 Å². The number of carbonyl (C=O) groups is 2. The first-order valence-electron chi connectivity index (χ1n) is 10.6. The van der Waals surface area contributed by atoms with E-state index in [4.69, 9.17) is 0 Å². The summed E-state index contributed by atoms with van der Waals surface area (Å²) in [6.45, 7) is 3.80.